The van der Waals surface area contributed by atoms with E-state index in [1.54, 1.807) is 0 Å². The first-order valence-electron chi connectivity index (χ1n) is 7.45. The van der Waals surface area contributed by atoms with E-state index in [0.717, 1.165) is 19.1 Å². The Kier molecular flexibility index (Phi) is 4.45. The van der Waals surface area contributed by atoms with E-state index in [9.17, 15) is 0 Å². The third-order valence-electron chi connectivity index (χ3n) is 4.91. The maximum absolute atomic E-state index is 6.17. The van der Waals surface area contributed by atoms with Crippen LogP contribution in [-0.4, -0.2) is 54.1 Å². The number of piperidine rings is 1. The fourth-order valence-corrected chi connectivity index (χ4v) is 3.92. The Hall–Kier alpha value is -0.120. The van der Waals surface area contributed by atoms with E-state index in [-0.39, 0.29) is 0 Å². The van der Waals surface area contributed by atoms with E-state index in [4.69, 9.17) is 5.73 Å². The van der Waals surface area contributed by atoms with E-state index in [2.05, 4.69) is 23.6 Å². The number of nitrogens with two attached hydrogens (primary N) is 1. The third-order valence-corrected chi connectivity index (χ3v) is 4.91. The lowest BCUT2D eigenvalue weighted by atomic mass is 9.81. The van der Waals surface area contributed by atoms with Gasteiger partial charge < -0.3 is 10.6 Å². The Morgan fingerprint density at radius 1 is 1.35 bits per heavy atom. The molecule has 0 amide bonds. The van der Waals surface area contributed by atoms with Crippen LogP contribution in [-0.2, 0) is 0 Å². The molecule has 0 radical (unpaired) electrons. The molecular formula is C14H29N3. The predicted molar refractivity (Wildman–Crippen MR) is 73.2 cm³/mol. The summed E-state index contributed by atoms with van der Waals surface area (Å²) in [6.45, 7) is 10.3. The van der Waals surface area contributed by atoms with Gasteiger partial charge in [-0.2, -0.15) is 0 Å². The summed E-state index contributed by atoms with van der Waals surface area (Å²) < 4.78 is 0. The molecule has 3 heteroatoms. The highest BCUT2D eigenvalue weighted by molar-refractivity contribution is 5.01. The summed E-state index contributed by atoms with van der Waals surface area (Å²) in [5.41, 5.74) is 6.47. The van der Waals surface area contributed by atoms with Crippen LogP contribution in [0.15, 0.2) is 0 Å². The van der Waals surface area contributed by atoms with Crippen molar-refractivity contribution in [3.05, 3.63) is 0 Å². The quantitative estimate of drug-likeness (QED) is 0.792. The highest BCUT2D eigenvalue weighted by Crippen LogP contribution is 2.36. The monoisotopic (exact) mass is 239 g/mol. The average molecular weight is 239 g/mol. The number of hydrogen-bond acceptors (Lipinski definition) is 3. The molecule has 2 rings (SSSR count). The third kappa shape index (κ3) is 2.51. The molecule has 2 aliphatic rings. The van der Waals surface area contributed by atoms with E-state index in [0.29, 0.717) is 5.54 Å². The topological polar surface area (TPSA) is 32.5 Å². The van der Waals surface area contributed by atoms with Gasteiger partial charge in [0, 0.05) is 24.7 Å². The fourth-order valence-electron chi connectivity index (χ4n) is 3.92. The van der Waals surface area contributed by atoms with Crippen molar-refractivity contribution in [3.8, 4) is 0 Å². The highest BCUT2D eigenvalue weighted by atomic mass is 15.3. The summed E-state index contributed by atoms with van der Waals surface area (Å²) in [5.74, 6) is 0. The maximum Gasteiger partial charge on any atom is 0.0358 e. The summed E-state index contributed by atoms with van der Waals surface area (Å²) in [6, 6.07) is 0.818. The van der Waals surface area contributed by atoms with Crippen molar-refractivity contribution < 1.29 is 0 Å². The maximum atomic E-state index is 6.17. The van der Waals surface area contributed by atoms with Crippen molar-refractivity contribution in [1.82, 2.24) is 9.80 Å². The van der Waals surface area contributed by atoms with E-state index in [1.807, 2.05) is 0 Å². The molecule has 2 fully saturated rings. The van der Waals surface area contributed by atoms with E-state index >= 15 is 0 Å². The number of likely N-dealkylation sites (N-methyl/N-ethyl adjacent to an activating group) is 1. The second kappa shape index (κ2) is 5.68. The van der Waals surface area contributed by atoms with Gasteiger partial charge in [0.2, 0.25) is 0 Å². The Morgan fingerprint density at radius 2 is 2.18 bits per heavy atom. The molecule has 0 saturated carbocycles. The zero-order valence-electron chi connectivity index (χ0n) is 11.6. The summed E-state index contributed by atoms with van der Waals surface area (Å²) >= 11 is 0. The van der Waals surface area contributed by atoms with Gasteiger partial charge in [-0.3, -0.25) is 4.90 Å². The van der Waals surface area contributed by atoms with Gasteiger partial charge in [-0.05, 0) is 51.7 Å². The molecule has 0 aromatic rings. The normalized spacial score (nSPS) is 34.2. The number of fused-ring (bicyclic) bond motifs is 1. The molecule has 0 aromatic carbocycles. The largest absolute Gasteiger partial charge is 0.329 e. The van der Waals surface area contributed by atoms with Crippen LogP contribution in [0.5, 0.6) is 0 Å². The van der Waals surface area contributed by atoms with Gasteiger partial charge in [-0.25, -0.2) is 0 Å². The standard InChI is InChI=1S/C14H29N3/c1-3-8-17(4-2)14(12-15)7-10-16-9-5-6-13(16)11-14/h13H,3-12,15H2,1-2H3. The highest BCUT2D eigenvalue weighted by Gasteiger charge is 2.43. The molecule has 2 atom stereocenters. The van der Waals surface area contributed by atoms with E-state index in [1.165, 1.54) is 51.7 Å². The number of rotatable bonds is 5. The smallest absolute Gasteiger partial charge is 0.0358 e. The van der Waals surface area contributed by atoms with Gasteiger partial charge in [0.1, 0.15) is 0 Å². The van der Waals surface area contributed by atoms with Crippen LogP contribution in [0.4, 0.5) is 0 Å². The van der Waals surface area contributed by atoms with Crippen molar-refractivity contribution >= 4 is 0 Å². The second-order valence-electron chi connectivity index (χ2n) is 5.79. The molecule has 2 aliphatic heterocycles. The summed E-state index contributed by atoms with van der Waals surface area (Å²) in [7, 11) is 0. The molecule has 0 spiro atoms. The van der Waals surface area contributed by atoms with Crippen LogP contribution < -0.4 is 5.73 Å². The Balaban J connectivity index is 2.08. The lowest BCUT2D eigenvalue weighted by Gasteiger charge is -2.50. The van der Waals surface area contributed by atoms with Crippen molar-refractivity contribution in [2.24, 2.45) is 5.73 Å². The van der Waals surface area contributed by atoms with Crippen molar-refractivity contribution in [1.29, 1.82) is 0 Å². The zero-order chi connectivity index (χ0) is 12.3. The molecule has 2 unspecified atom stereocenters. The lowest BCUT2D eigenvalue weighted by molar-refractivity contribution is 0.0133. The first kappa shape index (κ1) is 13.3. The van der Waals surface area contributed by atoms with Crippen LogP contribution in [0.3, 0.4) is 0 Å². The minimum atomic E-state index is 0.302. The fraction of sp³-hybridized carbons (Fsp3) is 1.00. The predicted octanol–water partition coefficient (Wildman–Crippen LogP) is 1.67. The van der Waals surface area contributed by atoms with Gasteiger partial charge in [-0.15, -0.1) is 0 Å². The number of nitrogens with zero attached hydrogens (tertiary/aromatic N) is 2. The molecule has 3 nitrogen and oxygen atoms in total. The van der Waals surface area contributed by atoms with Crippen molar-refractivity contribution in [3.63, 3.8) is 0 Å². The van der Waals surface area contributed by atoms with Gasteiger partial charge >= 0.3 is 0 Å². The molecule has 0 aromatic heterocycles. The SMILES string of the molecule is CCCN(CC)C1(CN)CCN2CCCC2C1. The lowest BCUT2D eigenvalue weighted by Crippen LogP contribution is -2.61. The Morgan fingerprint density at radius 3 is 2.82 bits per heavy atom. The van der Waals surface area contributed by atoms with Crippen LogP contribution in [0, 0.1) is 0 Å². The Labute approximate surface area is 106 Å². The number of hydrogen-bond donors (Lipinski definition) is 1. The average Bonchev–Trinajstić information content (AvgIpc) is 2.82. The summed E-state index contributed by atoms with van der Waals surface area (Å²) in [4.78, 5) is 5.34. The van der Waals surface area contributed by atoms with Gasteiger partial charge in [0.05, 0.1) is 0 Å². The van der Waals surface area contributed by atoms with Crippen LogP contribution in [0.25, 0.3) is 0 Å². The van der Waals surface area contributed by atoms with Crippen molar-refractivity contribution in [2.45, 2.75) is 57.5 Å². The molecule has 0 bridgehead atoms. The molecule has 2 heterocycles. The molecule has 0 aliphatic carbocycles. The van der Waals surface area contributed by atoms with Gasteiger partial charge in [0.25, 0.3) is 0 Å². The first-order valence-corrected chi connectivity index (χ1v) is 7.45. The summed E-state index contributed by atoms with van der Waals surface area (Å²) in [5, 5.41) is 0. The van der Waals surface area contributed by atoms with Crippen LogP contribution >= 0.6 is 0 Å². The van der Waals surface area contributed by atoms with Crippen LogP contribution in [0.2, 0.25) is 0 Å². The first-order chi connectivity index (χ1) is 8.25. The minimum Gasteiger partial charge on any atom is -0.329 e. The van der Waals surface area contributed by atoms with Gasteiger partial charge in [-0.1, -0.05) is 13.8 Å². The second-order valence-corrected chi connectivity index (χ2v) is 5.79. The minimum absolute atomic E-state index is 0.302. The Bertz CT molecular complexity index is 244. The van der Waals surface area contributed by atoms with Gasteiger partial charge in [0.15, 0.2) is 0 Å². The van der Waals surface area contributed by atoms with Crippen molar-refractivity contribution in [2.75, 3.05) is 32.7 Å². The molecule has 2 saturated heterocycles. The molecule has 17 heavy (non-hydrogen) atoms. The van der Waals surface area contributed by atoms with E-state index < -0.39 is 0 Å². The molecular weight excluding hydrogens is 210 g/mol. The zero-order valence-corrected chi connectivity index (χ0v) is 11.6. The van der Waals surface area contributed by atoms with Crippen LogP contribution in [0.1, 0.15) is 46.0 Å². The molecule has 2 N–H and O–H groups in total. The summed E-state index contributed by atoms with van der Waals surface area (Å²) in [6.07, 6.45) is 6.60. The molecule has 100 valence electrons.